The van der Waals surface area contributed by atoms with Crippen LogP contribution in [0.1, 0.15) is 35.2 Å². The largest absolute Gasteiger partial charge is 0.416 e. The Hall–Kier alpha value is -1.56. The summed E-state index contributed by atoms with van der Waals surface area (Å²) in [6, 6.07) is 4.25. The highest BCUT2D eigenvalue weighted by atomic mass is 19.4. The molecule has 1 amide bonds. The highest BCUT2D eigenvalue weighted by Crippen LogP contribution is 2.30. The van der Waals surface area contributed by atoms with Crippen molar-refractivity contribution >= 4 is 5.91 Å². The third kappa shape index (κ3) is 3.97. The molecule has 0 saturated heterocycles. The number of hydrogen-bond acceptors (Lipinski definition) is 2. The van der Waals surface area contributed by atoms with Gasteiger partial charge in [-0.2, -0.15) is 13.2 Å². The predicted molar refractivity (Wildman–Crippen MR) is 73.7 cm³/mol. The fraction of sp³-hybridized carbons (Fsp3) is 0.533. The lowest BCUT2D eigenvalue weighted by Gasteiger charge is -2.18. The number of carbonyl (C=O) groups excluding carboxylic acids is 1. The van der Waals surface area contributed by atoms with Crippen molar-refractivity contribution in [3.05, 3.63) is 35.4 Å². The summed E-state index contributed by atoms with van der Waals surface area (Å²) < 4.78 is 37.3. The van der Waals surface area contributed by atoms with Gasteiger partial charge in [-0.05, 0) is 55.5 Å². The summed E-state index contributed by atoms with van der Waals surface area (Å²) in [5.74, 6) is 0.456. The summed E-state index contributed by atoms with van der Waals surface area (Å²) in [7, 11) is 0. The van der Waals surface area contributed by atoms with Gasteiger partial charge in [-0.25, -0.2) is 0 Å². The molecule has 1 fully saturated rings. The Balaban J connectivity index is 1.91. The Bertz CT molecular complexity index is 485. The fourth-order valence-electron chi connectivity index (χ4n) is 2.83. The topological polar surface area (TPSA) is 55.1 Å². The molecule has 0 bridgehead atoms. The van der Waals surface area contributed by atoms with Crippen LogP contribution in [0.15, 0.2) is 24.3 Å². The van der Waals surface area contributed by atoms with Crippen LogP contribution in [0.25, 0.3) is 0 Å². The zero-order chi connectivity index (χ0) is 15.5. The highest BCUT2D eigenvalue weighted by Gasteiger charge is 2.30. The van der Waals surface area contributed by atoms with E-state index < -0.39 is 11.7 Å². The summed E-state index contributed by atoms with van der Waals surface area (Å²) >= 11 is 0. The Labute approximate surface area is 121 Å². The van der Waals surface area contributed by atoms with E-state index in [1.54, 1.807) is 0 Å². The average molecular weight is 300 g/mol. The van der Waals surface area contributed by atoms with Gasteiger partial charge in [0.05, 0.1) is 5.56 Å². The van der Waals surface area contributed by atoms with Crippen LogP contribution in [0.3, 0.4) is 0 Å². The number of amides is 1. The van der Waals surface area contributed by atoms with Gasteiger partial charge >= 0.3 is 6.18 Å². The lowest BCUT2D eigenvalue weighted by atomic mass is 9.96. The minimum absolute atomic E-state index is 0.241. The minimum Gasteiger partial charge on any atom is -0.352 e. The number of halogens is 3. The zero-order valence-corrected chi connectivity index (χ0v) is 11.6. The smallest absolute Gasteiger partial charge is 0.352 e. The number of nitrogens with two attached hydrogens (primary N) is 1. The molecule has 2 unspecified atom stereocenters. The van der Waals surface area contributed by atoms with Crippen LogP contribution < -0.4 is 11.1 Å². The number of alkyl halides is 3. The molecular formula is C15H19F3N2O. The van der Waals surface area contributed by atoms with E-state index in [0.717, 1.165) is 31.4 Å². The first-order valence-corrected chi connectivity index (χ1v) is 7.07. The first kappa shape index (κ1) is 15.8. The number of nitrogens with one attached hydrogen (secondary N) is 1. The second-order valence-electron chi connectivity index (χ2n) is 5.47. The first-order chi connectivity index (χ1) is 9.91. The van der Waals surface area contributed by atoms with E-state index in [9.17, 15) is 18.0 Å². The number of hydrogen-bond donors (Lipinski definition) is 2. The summed E-state index contributed by atoms with van der Waals surface area (Å²) in [6.07, 6.45) is -1.15. The van der Waals surface area contributed by atoms with Crippen molar-refractivity contribution in [2.75, 3.05) is 13.1 Å². The van der Waals surface area contributed by atoms with Gasteiger partial charge in [0.2, 0.25) is 0 Å². The van der Waals surface area contributed by atoms with Crippen LogP contribution >= 0.6 is 0 Å². The summed E-state index contributed by atoms with van der Waals surface area (Å²) in [4.78, 5) is 11.9. The van der Waals surface area contributed by atoms with Crippen LogP contribution in [-0.4, -0.2) is 19.0 Å². The molecule has 1 saturated carbocycles. The Morgan fingerprint density at radius 3 is 2.38 bits per heavy atom. The molecule has 1 aliphatic rings. The van der Waals surface area contributed by atoms with Gasteiger partial charge in [-0.3, -0.25) is 4.79 Å². The molecule has 0 aromatic heterocycles. The van der Waals surface area contributed by atoms with Crippen LogP contribution in [0.2, 0.25) is 0 Å². The summed E-state index contributed by atoms with van der Waals surface area (Å²) in [5.41, 5.74) is 5.17. The van der Waals surface area contributed by atoms with E-state index in [1.165, 1.54) is 12.1 Å². The number of carbonyl (C=O) groups is 1. The third-order valence-corrected chi connectivity index (χ3v) is 4.12. The van der Waals surface area contributed by atoms with E-state index in [4.69, 9.17) is 5.73 Å². The highest BCUT2D eigenvalue weighted by molar-refractivity contribution is 5.94. The molecule has 3 N–H and O–H groups in total. The molecule has 2 atom stereocenters. The fourth-order valence-corrected chi connectivity index (χ4v) is 2.83. The van der Waals surface area contributed by atoms with Crippen LogP contribution in [0.5, 0.6) is 0 Å². The van der Waals surface area contributed by atoms with Gasteiger partial charge in [-0.15, -0.1) is 0 Å². The molecular weight excluding hydrogens is 281 g/mol. The van der Waals surface area contributed by atoms with Gasteiger partial charge in [0.1, 0.15) is 0 Å². The minimum atomic E-state index is -4.38. The van der Waals surface area contributed by atoms with Gasteiger partial charge < -0.3 is 11.1 Å². The van der Waals surface area contributed by atoms with E-state index in [0.29, 0.717) is 24.9 Å². The predicted octanol–water partition coefficient (Wildman–Crippen LogP) is 2.81. The van der Waals surface area contributed by atoms with Gasteiger partial charge in [0.25, 0.3) is 5.91 Å². The van der Waals surface area contributed by atoms with Gasteiger partial charge in [0, 0.05) is 12.1 Å². The maximum atomic E-state index is 12.4. The molecule has 1 aliphatic carbocycles. The van der Waals surface area contributed by atoms with Gasteiger partial charge in [0.15, 0.2) is 0 Å². The van der Waals surface area contributed by atoms with Crippen LogP contribution in [-0.2, 0) is 6.18 Å². The van der Waals surface area contributed by atoms with Crippen molar-refractivity contribution < 1.29 is 18.0 Å². The number of benzene rings is 1. The quantitative estimate of drug-likeness (QED) is 0.898. The molecule has 21 heavy (non-hydrogen) atoms. The van der Waals surface area contributed by atoms with E-state index in [2.05, 4.69) is 5.32 Å². The average Bonchev–Trinajstić information content (AvgIpc) is 2.91. The summed E-state index contributed by atoms with van der Waals surface area (Å²) in [5, 5.41) is 2.79. The maximum absolute atomic E-state index is 12.4. The zero-order valence-electron chi connectivity index (χ0n) is 11.6. The van der Waals surface area contributed by atoms with Gasteiger partial charge in [-0.1, -0.05) is 6.42 Å². The molecule has 0 aliphatic heterocycles. The molecule has 3 nitrogen and oxygen atoms in total. The van der Waals surface area contributed by atoms with E-state index in [1.807, 2.05) is 0 Å². The van der Waals surface area contributed by atoms with Crippen molar-refractivity contribution in [3.8, 4) is 0 Å². The molecule has 2 rings (SSSR count). The standard InChI is InChI=1S/C15H19F3N2O/c16-15(17,18)13-6-4-10(5-7-13)14(21)20-9-12-3-1-2-11(12)8-19/h4-7,11-12H,1-3,8-9,19H2,(H,20,21). The molecule has 0 heterocycles. The normalized spacial score (nSPS) is 22.3. The Morgan fingerprint density at radius 1 is 1.19 bits per heavy atom. The van der Waals surface area contributed by atoms with Crippen molar-refractivity contribution in [1.82, 2.24) is 5.32 Å². The second-order valence-corrected chi connectivity index (χ2v) is 5.47. The van der Waals surface area contributed by atoms with Crippen molar-refractivity contribution in [2.24, 2.45) is 17.6 Å². The third-order valence-electron chi connectivity index (χ3n) is 4.12. The molecule has 6 heteroatoms. The lowest BCUT2D eigenvalue weighted by molar-refractivity contribution is -0.137. The van der Waals surface area contributed by atoms with E-state index in [-0.39, 0.29) is 11.5 Å². The Kier molecular flexibility index (Phi) is 4.88. The monoisotopic (exact) mass is 300 g/mol. The molecule has 0 spiro atoms. The van der Waals surface area contributed by atoms with E-state index >= 15 is 0 Å². The SMILES string of the molecule is NCC1CCCC1CNC(=O)c1ccc(C(F)(F)F)cc1. The Morgan fingerprint density at radius 2 is 1.81 bits per heavy atom. The van der Waals surface area contributed by atoms with Crippen LogP contribution in [0.4, 0.5) is 13.2 Å². The van der Waals surface area contributed by atoms with Crippen molar-refractivity contribution in [3.63, 3.8) is 0 Å². The second kappa shape index (κ2) is 6.47. The van der Waals surface area contributed by atoms with Crippen LogP contribution in [0, 0.1) is 11.8 Å². The molecule has 116 valence electrons. The lowest BCUT2D eigenvalue weighted by Crippen LogP contribution is -2.32. The summed E-state index contributed by atoms with van der Waals surface area (Å²) in [6.45, 7) is 1.14. The molecule has 1 aromatic carbocycles. The first-order valence-electron chi connectivity index (χ1n) is 7.07. The van der Waals surface area contributed by atoms with Crippen molar-refractivity contribution in [2.45, 2.75) is 25.4 Å². The maximum Gasteiger partial charge on any atom is 0.416 e. The molecule has 0 radical (unpaired) electrons. The molecule has 1 aromatic rings. The number of rotatable bonds is 4. The van der Waals surface area contributed by atoms with Crippen molar-refractivity contribution in [1.29, 1.82) is 0 Å².